The molecule has 0 spiro atoms. The van der Waals surface area contributed by atoms with Gasteiger partial charge in [-0.2, -0.15) is 0 Å². The molecule has 0 aliphatic rings. The first-order valence-corrected chi connectivity index (χ1v) is 4.69. The second-order valence-electron chi connectivity index (χ2n) is 2.66. The molecule has 9 heteroatoms. The van der Waals surface area contributed by atoms with Crippen molar-refractivity contribution in [2.75, 3.05) is 18.4 Å². The molecular formula is C6H8F4N4S. The van der Waals surface area contributed by atoms with Gasteiger partial charge in [0.25, 0.3) is 12.3 Å². The summed E-state index contributed by atoms with van der Waals surface area (Å²) in [7, 11) is 0. The molecule has 0 saturated heterocycles. The van der Waals surface area contributed by atoms with Crippen LogP contribution in [0.3, 0.4) is 0 Å². The lowest BCUT2D eigenvalue weighted by molar-refractivity contribution is 0.0254. The number of nitrogens with one attached hydrogen (secondary N) is 1. The van der Waals surface area contributed by atoms with E-state index in [0.717, 1.165) is 0 Å². The van der Waals surface area contributed by atoms with Gasteiger partial charge >= 0.3 is 0 Å². The third kappa shape index (κ3) is 3.59. The Balaban J connectivity index is 2.51. The Hall–Kier alpha value is -0.960. The lowest BCUT2D eigenvalue weighted by Crippen LogP contribution is -2.35. The van der Waals surface area contributed by atoms with Crippen LogP contribution < -0.4 is 11.1 Å². The van der Waals surface area contributed by atoms with E-state index in [1.807, 2.05) is 0 Å². The quantitative estimate of drug-likeness (QED) is 0.770. The molecule has 0 bridgehead atoms. The molecule has 0 amide bonds. The summed E-state index contributed by atoms with van der Waals surface area (Å²) in [6, 6.07) is 0. The van der Waals surface area contributed by atoms with Crippen LogP contribution in [0, 0.1) is 0 Å². The molecule has 0 radical (unpaired) electrons. The molecule has 0 aliphatic carbocycles. The normalized spacial score (nSPS) is 12.1. The van der Waals surface area contributed by atoms with Crippen LogP contribution in [0.1, 0.15) is 11.4 Å². The van der Waals surface area contributed by atoms with Gasteiger partial charge in [0.05, 0.1) is 13.1 Å². The SMILES string of the molecule is NCC(F)(F)CNc1nnc(C(F)F)s1. The van der Waals surface area contributed by atoms with E-state index >= 15 is 0 Å². The summed E-state index contributed by atoms with van der Waals surface area (Å²) in [6.07, 6.45) is -2.74. The topological polar surface area (TPSA) is 63.8 Å². The minimum absolute atomic E-state index is 0.0709. The first kappa shape index (κ1) is 12.1. The standard InChI is InChI=1S/C6H8F4N4S/c7-3(8)4-13-14-5(15-4)12-2-6(9,10)1-11/h3H,1-2,11H2,(H,12,14). The Morgan fingerprint density at radius 2 is 2.07 bits per heavy atom. The van der Waals surface area contributed by atoms with E-state index in [9.17, 15) is 17.6 Å². The van der Waals surface area contributed by atoms with Crippen molar-refractivity contribution >= 4 is 16.5 Å². The number of nitrogens with zero attached hydrogens (tertiary/aromatic N) is 2. The molecule has 15 heavy (non-hydrogen) atoms. The van der Waals surface area contributed by atoms with Crippen molar-refractivity contribution in [3.63, 3.8) is 0 Å². The number of alkyl halides is 4. The third-order valence-corrected chi connectivity index (χ3v) is 2.31. The van der Waals surface area contributed by atoms with Crippen LogP contribution in [0.5, 0.6) is 0 Å². The predicted octanol–water partition coefficient (Wildman–Crippen LogP) is 1.48. The van der Waals surface area contributed by atoms with Crippen molar-refractivity contribution in [1.82, 2.24) is 10.2 Å². The maximum atomic E-state index is 12.6. The highest BCUT2D eigenvalue weighted by molar-refractivity contribution is 7.15. The summed E-state index contributed by atoms with van der Waals surface area (Å²) in [5.41, 5.74) is 4.78. The smallest absolute Gasteiger partial charge is 0.291 e. The Labute approximate surface area is 86.5 Å². The van der Waals surface area contributed by atoms with Gasteiger partial charge in [0.15, 0.2) is 5.01 Å². The first-order chi connectivity index (χ1) is 6.94. The van der Waals surface area contributed by atoms with Crippen LogP contribution in [-0.4, -0.2) is 29.2 Å². The number of hydrogen-bond acceptors (Lipinski definition) is 5. The molecule has 4 nitrogen and oxygen atoms in total. The average molecular weight is 244 g/mol. The van der Waals surface area contributed by atoms with Gasteiger partial charge in [-0.05, 0) is 0 Å². The van der Waals surface area contributed by atoms with Gasteiger partial charge < -0.3 is 11.1 Å². The molecule has 86 valence electrons. The molecular weight excluding hydrogens is 236 g/mol. The van der Waals surface area contributed by atoms with Crippen molar-refractivity contribution in [3.8, 4) is 0 Å². The summed E-state index contributed by atoms with van der Waals surface area (Å²) in [6.45, 7) is -1.57. The summed E-state index contributed by atoms with van der Waals surface area (Å²) >= 11 is 0.535. The van der Waals surface area contributed by atoms with Gasteiger partial charge in [-0.15, -0.1) is 10.2 Å². The molecule has 3 N–H and O–H groups in total. The molecule has 0 aromatic carbocycles. The largest absolute Gasteiger partial charge is 0.354 e. The molecule has 0 fully saturated rings. The highest BCUT2D eigenvalue weighted by Gasteiger charge is 2.27. The summed E-state index contributed by atoms with van der Waals surface area (Å²) < 4.78 is 49.3. The van der Waals surface area contributed by atoms with Crippen LogP contribution in [0.25, 0.3) is 0 Å². The number of nitrogens with two attached hydrogens (primary N) is 1. The maximum absolute atomic E-state index is 12.6. The minimum Gasteiger partial charge on any atom is -0.354 e. The second-order valence-corrected chi connectivity index (χ2v) is 3.67. The second kappa shape index (κ2) is 4.71. The molecule has 1 aromatic rings. The lowest BCUT2D eigenvalue weighted by atomic mass is 10.3. The van der Waals surface area contributed by atoms with Gasteiger partial charge in [-0.1, -0.05) is 11.3 Å². The number of halogens is 4. The predicted molar refractivity (Wildman–Crippen MR) is 47.4 cm³/mol. The number of rotatable bonds is 5. The Kier molecular flexibility index (Phi) is 3.80. The molecule has 1 rings (SSSR count). The molecule has 0 atom stereocenters. The summed E-state index contributed by atoms with van der Waals surface area (Å²) in [4.78, 5) is 0. The van der Waals surface area contributed by atoms with Gasteiger partial charge in [0, 0.05) is 0 Å². The van der Waals surface area contributed by atoms with E-state index in [2.05, 4.69) is 15.5 Å². The number of hydrogen-bond donors (Lipinski definition) is 2. The molecule has 1 heterocycles. The van der Waals surface area contributed by atoms with E-state index in [-0.39, 0.29) is 5.13 Å². The fourth-order valence-corrected chi connectivity index (χ4v) is 1.27. The number of anilines is 1. The maximum Gasteiger partial charge on any atom is 0.291 e. The van der Waals surface area contributed by atoms with E-state index in [1.54, 1.807) is 0 Å². The molecule has 1 aromatic heterocycles. The Morgan fingerprint density at radius 3 is 2.53 bits per heavy atom. The zero-order valence-electron chi connectivity index (χ0n) is 7.38. The van der Waals surface area contributed by atoms with Crippen molar-refractivity contribution in [3.05, 3.63) is 5.01 Å². The zero-order chi connectivity index (χ0) is 11.5. The van der Waals surface area contributed by atoms with Crippen LogP contribution in [0.2, 0.25) is 0 Å². The van der Waals surface area contributed by atoms with Crippen LogP contribution in [0.4, 0.5) is 22.7 Å². The minimum atomic E-state index is -3.09. The number of aromatic nitrogens is 2. The van der Waals surface area contributed by atoms with Gasteiger partial charge in [-0.3, -0.25) is 0 Å². The monoisotopic (exact) mass is 244 g/mol. The summed E-state index contributed by atoms with van der Waals surface area (Å²) in [5.74, 6) is -3.09. The third-order valence-electron chi connectivity index (χ3n) is 1.42. The van der Waals surface area contributed by atoms with Gasteiger partial charge in [0.1, 0.15) is 0 Å². The van der Waals surface area contributed by atoms with Crippen molar-refractivity contribution in [2.45, 2.75) is 12.3 Å². The lowest BCUT2D eigenvalue weighted by Gasteiger charge is -2.13. The fourth-order valence-electron chi connectivity index (χ4n) is 0.671. The van der Waals surface area contributed by atoms with E-state index < -0.39 is 30.4 Å². The van der Waals surface area contributed by atoms with Crippen molar-refractivity contribution < 1.29 is 17.6 Å². The fraction of sp³-hybridized carbons (Fsp3) is 0.667. The Bertz CT molecular complexity index is 316. The highest BCUT2D eigenvalue weighted by atomic mass is 32.1. The average Bonchev–Trinajstić information content (AvgIpc) is 2.63. The van der Waals surface area contributed by atoms with Gasteiger partial charge in [0.2, 0.25) is 5.13 Å². The zero-order valence-corrected chi connectivity index (χ0v) is 8.20. The molecule has 0 aliphatic heterocycles. The molecule has 0 saturated carbocycles. The summed E-state index contributed by atoms with van der Waals surface area (Å²) in [5, 5.41) is 8.02. The van der Waals surface area contributed by atoms with Gasteiger partial charge in [-0.25, -0.2) is 17.6 Å². The van der Waals surface area contributed by atoms with Crippen molar-refractivity contribution in [2.24, 2.45) is 5.73 Å². The Morgan fingerprint density at radius 1 is 1.40 bits per heavy atom. The molecule has 0 unspecified atom stereocenters. The van der Waals surface area contributed by atoms with E-state index in [4.69, 9.17) is 5.73 Å². The van der Waals surface area contributed by atoms with E-state index in [1.165, 1.54) is 0 Å². The highest BCUT2D eigenvalue weighted by Crippen LogP contribution is 2.25. The first-order valence-electron chi connectivity index (χ1n) is 3.88. The van der Waals surface area contributed by atoms with Crippen LogP contribution in [0.15, 0.2) is 0 Å². The van der Waals surface area contributed by atoms with Crippen LogP contribution in [-0.2, 0) is 0 Å². The van der Waals surface area contributed by atoms with Crippen LogP contribution >= 0.6 is 11.3 Å². The van der Waals surface area contributed by atoms with Crippen molar-refractivity contribution in [1.29, 1.82) is 0 Å². The van der Waals surface area contributed by atoms with E-state index in [0.29, 0.717) is 11.3 Å².